The molecule has 3 atom stereocenters. The number of β-lactam (4-membered cyclic amide) rings is 1. The van der Waals surface area contributed by atoms with Crippen LogP contribution in [0.15, 0.2) is 18.2 Å². The lowest BCUT2D eigenvalue weighted by atomic mass is 9.94. The molecule has 196 valence electrons. The fourth-order valence-corrected chi connectivity index (χ4v) is 5.52. The Bertz CT molecular complexity index is 1080. The Labute approximate surface area is 211 Å². The highest BCUT2D eigenvalue weighted by molar-refractivity contribution is 8.01. The largest absolute Gasteiger partial charge is 0.496 e. The number of ether oxygens (including phenoxy) is 4. The number of benzene rings is 1. The summed E-state index contributed by atoms with van der Waals surface area (Å²) < 4.78 is 19.6. The molecule has 1 aromatic rings. The van der Waals surface area contributed by atoms with Crippen LogP contribution in [0.3, 0.4) is 0 Å². The Kier molecular flexibility index (Phi) is 7.44. The third-order valence-corrected chi connectivity index (χ3v) is 7.61. The van der Waals surface area contributed by atoms with Crippen molar-refractivity contribution in [2.45, 2.75) is 49.9 Å². The van der Waals surface area contributed by atoms with Crippen LogP contribution >= 0.6 is 11.8 Å². The predicted octanol–water partition coefficient (Wildman–Crippen LogP) is 1.02. The summed E-state index contributed by atoms with van der Waals surface area (Å²) in [5.41, 5.74) is -1.68. The average Bonchev–Trinajstić information content (AvgIpc) is 3.08. The molecule has 0 bridgehead atoms. The van der Waals surface area contributed by atoms with Crippen molar-refractivity contribution in [2.24, 2.45) is 5.41 Å². The number of carbonyl (C=O) groups excluding carboxylic acids is 4. The first-order valence-electron chi connectivity index (χ1n) is 10.9. The summed E-state index contributed by atoms with van der Waals surface area (Å²) in [6.07, 6.45) is 0. The number of carboxylic acids is 1. The number of methoxy groups -OCH3 is 2. The van der Waals surface area contributed by atoms with Gasteiger partial charge in [-0.15, -0.1) is 11.8 Å². The molecule has 2 N–H and O–H groups in total. The Balaban J connectivity index is 1.68. The second kappa shape index (κ2) is 9.88. The number of nitrogens with one attached hydrogen (secondary N) is 1. The molecule has 36 heavy (non-hydrogen) atoms. The minimum absolute atomic E-state index is 0.137. The van der Waals surface area contributed by atoms with Gasteiger partial charge in [-0.05, 0) is 39.8 Å². The van der Waals surface area contributed by atoms with Gasteiger partial charge >= 0.3 is 17.9 Å². The zero-order chi connectivity index (χ0) is 27.0. The molecule has 0 radical (unpaired) electrons. The number of thioether (sulfide) groups is 1. The van der Waals surface area contributed by atoms with Crippen molar-refractivity contribution in [3.8, 4) is 11.5 Å². The van der Waals surface area contributed by atoms with Gasteiger partial charge in [0.05, 0.1) is 14.2 Å². The van der Waals surface area contributed by atoms with E-state index in [-0.39, 0.29) is 17.1 Å². The fourth-order valence-electron chi connectivity index (χ4n) is 3.90. The zero-order valence-corrected chi connectivity index (χ0v) is 21.5. The van der Waals surface area contributed by atoms with Gasteiger partial charge in [-0.2, -0.15) is 0 Å². The highest BCUT2D eigenvalue weighted by atomic mass is 32.2. The Morgan fingerprint density at radius 2 is 1.69 bits per heavy atom. The Hall–Kier alpha value is -3.48. The minimum Gasteiger partial charge on any atom is -0.496 e. The van der Waals surface area contributed by atoms with Crippen LogP contribution in [0.25, 0.3) is 0 Å². The zero-order valence-electron chi connectivity index (χ0n) is 20.6. The first kappa shape index (κ1) is 27.1. The van der Waals surface area contributed by atoms with Crippen molar-refractivity contribution in [3.63, 3.8) is 0 Å². The first-order valence-corrected chi connectivity index (χ1v) is 11.7. The van der Waals surface area contributed by atoms with E-state index in [0.29, 0.717) is 0 Å². The fraction of sp³-hybridized carbons (Fsp3) is 0.522. The molecule has 2 aliphatic rings. The summed E-state index contributed by atoms with van der Waals surface area (Å²) in [5, 5.41) is 11.2. The SMILES string of the molecule is COc1cccc(OC)c1C(=O)NC1C(=O)N2[C@@H]1SC(C)(C)[C@@H]2C(=O)OCOC(=O)C(C)(C)C(=O)O. The van der Waals surface area contributed by atoms with Gasteiger partial charge in [-0.3, -0.25) is 19.2 Å². The molecule has 0 aromatic heterocycles. The molecule has 1 unspecified atom stereocenters. The van der Waals surface area contributed by atoms with Crippen molar-refractivity contribution < 1.29 is 48.0 Å². The maximum Gasteiger partial charge on any atom is 0.333 e. The molecular weight excluding hydrogens is 496 g/mol. The highest BCUT2D eigenvalue weighted by Crippen LogP contribution is 2.51. The lowest BCUT2D eigenvalue weighted by molar-refractivity contribution is -0.183. The van der Waals surface area contributed by atoms with Crippen molar-refractivity contribution in [2.75, 3.05) is 21.0 Å². The molecule has 13 heteroatoms. The summed E-state index contributed by atoms with van der Waals surface area (Å²) in [7, 11) is 2.82. The molecular formula is C23H28N2O10S. The molecule has 2 fully saturated rings. The lowest BCUT2D eigenvalue weighted by Gasteiger charge is -2.43. The van der Waals surface area contributed by atoms with E-state index in [1.807, 2.05) is 0 Å². The molecule has 2 saturated heterocycles. The molecule has 12 nitrogen and oxygen atoms in total. The van der Waals surface area contributed by atoms with Crippen LogP contribution in [0.1, 0.15) is 38.1 Å². The normalized spacial score (nSPS) is 22.1. The predicted molar refractivity (Wildman–Crippen MR) is 125 cm³/mol. The van der Waals surface area contributed by atoms with Crippen molar-refractivity contribution >= 4 is 41.5 Å². The summed E-state index contributed by atoms with van der Waals surface area (Å²) in [6, 6.07) is 2.94. The van der Waals surface area contributed by atoms with E-state index in [4.69, 9.17) is 24.1 Å². The van der Waals surface area contributed by atoms with Gasteiger partial charge in [0.25, 0.3) is 5.91 Å². The second-order valence-corrected chi connectivity index (χ2v) is 11.0. The number of carboxylic acid groups (broad SMARTS) is 1. The van der Waals surface area contributed by atoms with Crippen molar-refractivity contribution in [1.29, 1.82) is 0 Å². The molecule has 2 amide bonds. The van der Waals surface area contributed by atoms with Gasteiger partial charge < -0.3 is 34.3 Å². The number of aliphatic carboxylic acids is 1. The molecule has 0 saturated carbocycles. The van der Waals surface area contributed by atoms with Gasteiger partial charge in [0.15, 0.2) is 5.41 Å². The summed E-state index contributed by atoms with van der Waals surface area (Å²) in [6.45, 7) is 5.02. The third-order valence-electron chi connectivity index (χ3n) is 6.04. The van der Waals surface area contributed by atoms with E-state index in [1.165, 1.54) is 30.9 Å². The van der Waals surface area contributed by atoms with Crippen molar-refractivity contribution in [1.82, 2.24) is 10.2 Å². The molecule has 0 aliphatic carbocycles. The van der Waals surface area contributed by atoms with E-state index in [9.17, 15) is 24.0 Å². The van der Waals surface area contributed by atoms with Crippen LogP contribution in [0, 0.1) is 5.41 Å². The number of hydrogen-bond donors (Lipinski definition) is 2. The van der Waals surface area contributed by atoms with Gasteiger partial charge in [0, 0.05) is 4.75 Å². The van der Waals surface area contributed by atoms with E-state index in [2.05, 4.69) is 5.32 Å². The second-order valence-electron chi connectivity index (χ2n) is 9.19. The van der Waals surface area contributed by atoms with E-state index < -0.39 is 64.1 Å². The van der Waals surface area contributed by atoms with Crippen LogP contribution in [0.5, 0.6) is 11.5 Å². The number of nitrogens with zero attached hydrogens (tertiary/aromatic N) is 1. The quantitative estimate of drug-likeness (QED) is 0.206. The van der Waals surface area contributed by atoms with Crippen LogP contribution < -0.4 is 14.8 Å². The Morgan fingerprint density at radius 3 is 2.22 bits per heavy atom. The van der Waals surface area contributed by atoms with Gasteiger partial charge in [-0.1, -0.05) is 6.07 Å². The maximum atomic E-state index is 13.0. The molecule has 0 spiro atoms. The third kappa shape index (κ3) is 4.66. The van der Waals surface area contributed by atoms with Gasteiger partial charge in [0.2, 0.25) is 12.7 Å². The molecule has 2 heterocycles. The summed E-state index contributed by atoms with van der Waals surface area (Å²) in [5.74, 6) is -3.78. The van der Waals surface area contributed by atoms with Crippen LogP contribution in [-0.4, -0.2) is 82.9 Å². The summed E-state index contributed by atoms with van der Waals surface area (Å²) in [4.78, 5) is 63.2. The van der Waals surface area contributed by atoms with Crippen LogP contribution in [0.4, 0.5) is 0 Å². The number of hydrogen-bond acceptors (Lipinski definition) is 10. The highest BCUT2D eigenvalue weighted by Gasteiger charge is 2.64. The average molecular weight is 525 g/mol. The van der Waals surface area contributed by atoms with E-state index >= 15 is 0 Å². The smallest absolute Gasteiger partial charge is 0.333 e. The number of amides is 2. The van der Waals surface area contributed by atoms with Gasteiger partial charge in [0.1, 0.15) is 34.5 Å². The summed E-state index contributed by atoms with van der Waals surface area (Å²) >= 11 is 1.31. The van der Waals surface area contributed by atoms with Crippen LogP contribution in [0.2, 0.25) is 0 Å². The number of rotatable bonds is 9. The number of carbonyl (C=O) groups is 5. The van der Waals surface area contributed by atoms with E-state index in [0.717, 1.165) is 13.8 Å². The molecule has 1 aromatic carbocycles. The maximum absolute atomic E-state index is 13.0. The topological polar surface area (TPSA) is 158 Å². The number of esters is 2. The van der Waals surface area contributed by atoms with Crippen molar-refractivity contribution in [3.05, 3.63) is 23.8 Å². The van der Waals surface area contributed by atoms with Crippen LogP contribution in [-0.2, 0) is 28.7 Å². The van der Waals surface area contributed by atoms with E-state index in [1.54, 1.807) is 32.0 Å². The Morgan fingerprint density at radius 1 is 1.11 bits per heavy atom. The first-order chi connectivity index (χ1) is 16.8. The van der Waals surface area contributed by atoms with Gasteiger partial charge in [-0.25, -0.2) is 4.79 Å². The minimum atomic E-state index is -1.82. The molecule has 2 aliphatic heterocycles. The number of fused-ring (bicyclic) bond motifs is 1. The standard InChI is InChI=1S/C23H28N2O10S/c1-22(2,20(29)30)21(31)35-10-34-19(28)15-23(3,4)36-18-14(17(27)25(15)18)24-16(26)13-11(32-5)8-7-9-12(13)33-6/h7-9,14-15,18H,10H2,1-6H3,(H,24,26)(H,29,30)/t14?,15-,18+/m0/s1. The molecule has 3 rings (SSSR count). The lowest BCUT2D eigenvalue weighted by Crippen LogP contribution is -2.70. The monoisotopic (exact) mass is 524 g/mol.